The molecular formula is C10H11N3O4. The number of aromatic nitrogens is 3. The number of carbonyl (C=O) groups excluding carboxylic acids is 1. The van der Waals surface area contributed by atoms with E-state index < -0.39 is 17.2 Å². The van der Waals surface area contributed by atoms with E-state index in [4.69, 9.17) is 4.74 Å². The number of nitrogens with zero attached hydrogens (tertiary/aromatic N) is 1. The number of esters is 1. The highest BCUT2D eigenvalue weighted by molar-refractivity contribution is 5.97. The molecule has 0 aromatic carbocycles. The summed E-state index contributed by atoms with van der Waals surface area (Å²) >= 11 is 0. The molecule has 7 nitrogen and oxygen atoms in total. The number of hydrogen-bond donors (Lipinski definition) is 2. The summed E-state index contributed by atoms with van der Waals surface area (Å²) in [6.45, 7) is 3.57. The normalized spacial score (nSPS) is 10.7. The summed E-state index contributed by atoms with van der Waals surface area (Å²) in [4.78, 5) is 36.4. The molecule has 0 unspecified atom stereocenters. The summed E-state index contributed by atoms with van der Waals surface area (Å²) < 4.78 is 6.11. The van der Waals surface area contributed by atoms with Crippen LogP contribution in [0.3, 0.4) is 0 Å². The van der Waals surface area contributed by atoms with Crippen molar-refractivity contribution in [2.24, 2.45) is 0 Å². The van der Waals surface area contributed by atoms with Crippen molar-refractivity contribution >= 4 is 11.5 Å². The van der Waals surface area contributed by atoms with Crippen LogP contribution in [0.5, 0.6) is 0 Å². The van der Waals surface area contributed by atoms with Gasteiger partial charge < -0.3 is 4.74 Å². The third-order valence-electron chi connectivity index (χ3n) is 2.34. The van der Waals surface area contributed by atoms with E-state index in [1.54, 1.807) is 13.8 Å². The Morgan fingerprint density at radius 2 is 2.18 bits per heavy atom. The molecule has 7 heteroatoms. The third kappa shape index (κ3) is 1.75. The molecular weight excluding hydrogens is 226 g/mol. The maximum atomic E-state index is 11.6. The Hall–Kier alpha value is -2.31. The fourth-order valence-electron chi connectivity index (χ4n) is 1.66. The first kappa shape index (κ1) is 11.2. The van der Waals surface area contributed by atoms with Gasteiger partial charge in [0.2, 0.25) is 0 Å². The van der Waals surface area contributed by atoms with E-state index in [1.807, 2.05) is 0 Å². The monoisotopic (exact) mass is 237 g/mol. The van der Waals surface area contributed by atoms with Crippen LogP contribution in [-0.2, 0) is 4.74 Å². The molecule has 0 atom stereocenters. The highest BCUT2D eigenvalue weighted by atomic mass is 16.5. The van der Waals surface area contributed by atoms with E-state index in [1.165, 1.54) is 10.6 Å². The van der Waals surface area contributed by atoms with Crippen LogP contribution >= 0.6 is 0 Å². The lowest BCUT2D eigenvalue weighted by Crippen LogP contribution is -2.27. The molecule has 2 heterocycles. The van der Waals surface area contributed by atoms with Crippen LogP contribution in [0.1, 0.15) is 23.0 Å². The van der Waals surface area contributed by atoms with Gasteiger partial charge in [0.25, 0.3) is 5.56 Å². The average Bonchev–Trinajstić information content (AvgIpc) is 2.57. The minimum absolute atomic E-state index is 0.0838. The zero-order valence-electron chi connectivity index (χ0n) is 9.36. The second-order valence-electron chi connectivity index (χ2n) is 3.50. The molecule has 0 aliphatic heterocycles. The van der Waals surface area contributed by atoms with E-state index in [0.717, 1.165) is 0 Å². The van der Waals surface area contributed by atoms with E-state index in [-0.39, 0.29) is 17.7 Å². The second kappa shape index (κ2) is 3.93. The number of hydrogen-bond acceptors (Lipinski definition) is 4. The first-order chi connectivity index (χ1) is 8.04. The Morgan fingerprint density at radius 1 is 1.47 bits per heavy atom. The van der Waals surface area contributed by atoms with Crippen LogP contribution in [0.4, 0.5) is 0 Å². The summed E-state index contributed by atoms with van der Waals surface area (Å²) in [5.41, 5.74) is -0.449. The summed E-state index contributed by atoms with van der Waals surface area (Å²) in [5, 5.41) is 2.41. The van der Waals surface area contributed by atoms with Crippen molar-refractivity contribution in [2.45, 2.75) is 13.8 Å². The zero-order valence-corrected chi connectivity index (χ0v) is 9.36. The van der Waals surface area contributed by atoms with Gasteiger partial charge in [-0.2, -0.15) is 0 Å². The van der Waals surface area contributed by atoms with Gasteiger partial charge in [0.05, 0.1) is 12.2 Å². The molecule has 90 valence electrons. The van der Waals surface area contributed by atoms with Crippen LogP contribution < -0.4 is 11.2 Å². The molecule has 0 aliphatic carbocycles. The molecule has 0 saturated heterocycles. The van der Waals surface area contributed by atoms with Crippen molar-refractivity contribution in [2.75, 3.05) is 6.61 Å². The molecule has 0 radical (unpaired) electrons. The largest absolute Gasteiger partial charge is 0.462 e. The third-order valence-corrected chi connectivity index (χ3v) is 2.34. The number of H-pyrrole nitrogens is 2. The Bertz CT molecular complexity index is 692. The lowest BCUT2D eigenvalue weighted by Gasteiger charge is -1.99. The average molecular weight is 237 g/mol. The number of aromatic amines is 2. The Balaban J connectivity index is 2.79. The topological polar surface area (TPSA) is 96.4 Å². The van der Waals surface area contributed by atoms with E-state index in [2.05, 4.69) is 10.1 Å². The van der Waals surface area contributed by atoms with Crippen LogP contribution in [0.25, 0.3) is 5.52 Å². The van der Waals surface area contributed by atoms with Gasteiger partial charge in [-0.25, -0.2) is 14.7 Å². The van der Waals surface area contributed by atoms with Gasteiger partial charge in [0, 0.05) is 5.69 Å². The SMILES string of the molecule is CCOC(=O)c1cc(C)n2[nH]c(=O)[nH]c(=O)c12. The first-order valence-corrected chi connectivity index (χ1v) is 5.06. The molecule has 0 fully saturated rings. The number of nitrogens with one attached hydrogen (secondary N) is 2. The van der Waals surface area contributed by atoms with Crippen molar-refractivity contribution in [3.63, 3.8) is 0 Å². The molecule has 2 rings (SSSR count). The van der Waals surface area contributed by atoms with E-state index >= 15 is 0 Å². The molecule has 2 aromatic heterocycles. The van der Waals surface area contributed by atoms with Crippen molar-refractivity contribution in [1.29, 1.82) is 0 Å². The van der Waals surface area contributed by atoms with Gasteiger partial charge in [-0.15, -0.1) is 0 Å². The minimum Gasteiger partial charge on any atom is -0.462 e. The van der Waals surface area contributed by atoms with Gasteiger partial charge in [-0.1, -0.05) is 0 Å². The number of rotatable bonds is 2. The summed E-state index contributed by atoms with van der Waals surface area (Å²) in [7, 11) is 0. The minimum atomic E-state index is -0.628. The fourth-order valence-corrected chi connectivity index (χ4v) is 1.66. The van der Waals surface area contributed by atoms with E-state index in [0.29, 0.717) is 5.69 Å². The van der Waals surface area contributed by atoms with Gasteiger partial charge in [0.1, 0.15) is 5.52 Å². The van der Waals surface area contributed by atoms with Crippen molar-refractivity contribution < 1.29 is 9.53 Å². The summed E-state index contributed by atoms with van der Waals surface area (Å²) in [5.74, 6) is -0.587. The maximum Gasteiger partial charge on any atom is 0.340 e. The number of aryl methyl sites for hydroxylation is 1. The summed E-state index contributed by atoms with van der Waals surface area (Å²) in [6, 6.07) is 1.50. The summed E-state index contributed by atoms with van der Waals surface area (Å²) in [6.07, 6.45) is 0. The zero-order chi connectivity index (χ0) is 12.6. The standard InChI is InChI=1S/C10H11N3O4/c1-3-17-9(15)6-4-5(2)13-7(6)8(14)11-10(16)12-13/h4H,3H2,1-2H3,(H2,11,12,14,16). The Kier molecular flexibility index (Phi) is 2.58. The molecule has 0 bridgehead atoms. The number of ether oxygens (including phenoxy) is 1. The van der Waals surface area contributed by atoms with Crippen molar-refractivity contribution in [3.8, 4) is 0 Å². The quantitative estimate of drug-likeness (QED) is 0.707. The van der Waals surface area contributed by atoms with Crippen LogP contribution in [0.15, 0.2) is 15.7 Å². The highest BCUT2D eigenvalue weighted by Crippen LogP contribution is 2.12. The predicted molar refractivity (Wildman–Crippen MR) is 59.3 cm³/mol. The van der Waals surface area contributed by atoms with Crippen LogP contribution in [0, 0.1) is 6.92 Å². The van der Waals surface area contributed by atoms with Gasteiger partial charge >= 0.3 is 11.7 Å². The highest BCUT2D eigenvalue weighted by Gasteiger charge is 2.18. The van der Waals surface area contributed by atoms with Gasteiger partial charge in [-0.3, -0.25) is 14.3 Å². The van der Waals surface area contributed by atoms with Crippen LogP contribution in [0.2, 0.25) is 0 Å². The Morgan fingerprint density at radius 3 is 2.82 bits per heavy atom. The molecule has 17 heavy (non-hydrogen) atoms. The molecule has 0 amide bonds. The number of fused-ring (bicyclic) bond motifs is 1. The van der Waals surface area contributed by atoms with E-state index in [9.17, 15) is 14.4 Å². The number of carbonyl (C=O) groups is 1. The molecule has 0 spiro atoms. The predicted octanol–water partition coefficient (Wildman–Crippen LogP) is -0.199. The first-order valence-electron chi connectivity index (χ1n) is 5.06. The van der Waals surface area contributed by atoms with Crippen molar-refractivity contribution in [1.82, 2.24) is 14.6 Å². The fraction of sp³-hybridized carbons (Fsp3) is 0.300. The Labute approximate surface area is 95.0 Å². The van der Waals surface area contributed by atoms with Gasteiger partial charge in [0.15, 0.2) is 0 Å². The van der Waals surface area contributed by atoms with Gasteiger partial charge in [-0.05, 0) is 19.9 Å². The lowest BCUT2D eigenvalue weighted by molar-refractivity contribution is 0.0528. The molecule has 0 aliphatic rings. The molecule has 2 N–H and O–H groups in total. The molecule has 0 saturated carbocycles. The van der Waals surface area contributed by atoms with Crippen molar-refractivity contribution in [3.05, 3.63) is 38.2 Å². The van der Waals surface area contributed by atoms with Crippen LogP contribution in [-0.4, -0.2) is 27.2 Å². The smallest absolute Gasteiger partial charge is 0.340 e. The second-order valence-corrected chi connectivity index (χ2v) is 3.50. The maximum absolute atomic E-state index is 11.6. The lowest BCUT2D eigenvalue weighted by atomic mass is 10.3. The molecule has 2 aromatic rings.